The molecule has 4 rings (SSSR count). The van der Waals surface area contributed by atoms with Gasteiger partial charge in [-0.1, -0.05) is 79.7 Å². The molecule has 0 amide bonds. The molecule has 0 saturated carbocycles. The number of hydrogen-bond acceptors (Lipinski definition) is 4. The molecule has 2 heterocycles. The molecule has 5 heteroatoms. The monoisotopic (exact) mass is 733 g/mol. The van der Waals surface area contributed by atoms with Gasteiger partial charge in [0.2, 0.25) is 0 Å². The summed E-state index contributed by atoms with van der Waals surface area (Å²) < 4.78 is 1.28. The van der Waals surface area contributed by atoms with Crippen LogP contribution in [0.1, 0.15) is 96.4 Å². The molecule has 0 aliphatic rings. The molecule has 0 bridgehead atoms. The fraction of sp³-hybridized carbons (Fsp3) is 0.371. The maximum atomic E-state index is 10.0. The van der Waals surface area contributed by atoms with Crippen LogP contribution in [0.4, 0.5) is 0 Å². The quantitative estimate of drug-likeness (QED) is 0.126. The summed E-state index contributed by atoms with van der Waals surface area (Å²) in [6.07, 6.45) is 3.19. The van der Waals surface area contributed by atoms with Crippen LogP contribution in [0.5, 0.6) is 0 Å². The first-order valence-electron chi connectivity index (χ1n) is 13.6. The molecule has 0 fully saturated rings. The number of benzene rings is 2. The average Bonchev–Trinajstić information content (AvgIpc) is 3.26. The number of aliphatic hydroxyl groups is 1. The van der Waals surface area contributed by atoms with E-state index < -0.39 is 0 Å². The first kappa shape index (κ1) is 33.6. The van der Waals surface area contributed by atoms with Crippen molar-refractivity contribution in [3.8, 4) is 21.7 Å². The number of aromatic nitrogens is 1. The van der Waals surface area contributed by atoms with Crippen molar-refractivity contribution in [3.63, 3.8) is 0 Å². The number of thiophene rings is 1. The zero-order chi connectivity index (χ0) is 29.1. The van der Waals surface area contributed by atoms with Gasteiger partial charge in [0.25, 0.3) is 0 Å². The number of nitrogens with zero attached hydrogens (tertiary/aromatic N) is 1. The van der Waals surface area contributed by atoms with Crippen molar-refractivity contribution in [1.29, 1.82) is 0 Å². The van der Waals surface area contributed by atoms with Crippen LogP contribution in [0.15, 0.2) is 60.5 Å². The van der Waals surface area contributed by atoms with Gasteiger partial charge in [0.05, 0.1) is 5.76 Å². The number of aryl methyl sites for hydroxylation is 1. The Morgan fingerprint density at radius 3 is 2.02 bits per heavy atom. The fourth-order valence-corrected chi connectivity index (χ4v) is 5.35. The van der Waals surface area contributed by atoms with E-state index in [9.17, 15) is 4.79 Å². The van der Waals surface area contributed by atoms with E-state index in [0.717, 1.165) is 16.8 Å². The van der Waals surface area contributed by atoms with Crippen LogP contribution in [-0.2, 0) is 30.3 Å². The summed E-state index contributed by atoms with van der Waals surface area (Å²) in [5.74, 6) is 0.973. The van der Waals surface area contributed by atoms with Gasteiger partial charge in [0.15, 0.2) is 5.78 Å². The standard InChI is InChI=1S/C30H34NS.C5H8O2.Ir/c1-18(2)21-11-22(19(3)4)13-24(12-21)28-15-25-17-31-27(16-29(25)32-28)23-9-20(5)10-26(14-23)30(6,7)8;1-4(6)3-5(2)7;/h10-19H,1-8H3;3,6H,1-2H3;/q-1;;/b;4-3-;. The van der Waals surface area contributed by atoms with Crippen LogP contribution in [0.25, 0.3) is 31.8 Å². The fourth-order valence-electron chi connectivity index (χ4n) is 4.29. The summed E-state index contributed by atoms with van der Waals surface area (Å²) in [7, 11) is 0. The van der Waals surface area contributed by atoms with Crippen molar-refractivity contribution in [2.24, 2.45) is 0 Å². The zero-order valence-electron chi connectivity index (χ0n) is 25.4. The number of ketones is 1. The van der Waals surface area contributed by atoms with E-state index in [2.05, 4.69) is 104 Å². The van der Waals surface area contributed by atoms with Crippen LogP contribution in [0.2, 0.25) is 0 Å². The van der Waals surface area contributed by atoms with Crippen LogP contribution in [0, 0.1) is 13.0 Å². The molecule has 2 aromatic carbocycles. The second-order valence-electron chi connectivity index (χ2n) is 12.0. The molecule has 4 aromatic rings. The van der Waals surface area contributed by atoms with Crippen LogP contribution in [0.3, 0.4) is 0 Å². The van der Waals surface area contributed by atoms with Crippen molar-refractivity contribution in [2.75, 3.05) is 0 Å². The normalized spacial score (nSPS) is 11.8. The Morgan fingerprint density at radius 1 is 0.950 bits per heavy atom. The van der Waals surface area contributed by atoms with Crippen molar-refractivity contribution in [3.05, 3.63) is 88.8 Å². The summed E-state index contributed by atoms with van der Waals surface area (Å²) in [5, 5.41) is 9.57. The second kappa shape index (κ2) is 13.9. The second-order valence-corrected chi connectivity index (χ2v) is 13.1. The molecule has 0 saturated heterocycles. The number of carbonyl (C=O) groups is 1. The predicted molar refractivity (Wildman–Crippen MR) is 168 cm³/mol. The van der Waals surface area contributed by atoms with Gasteiger partial charge in [-0.2, -0.15) is 0 Å². The Morgan fingerprint density at radius 2 is 1.55 bits per heavy atom. The summed E-state index contributed by atoms with van der Waals surface area (Å²) in [5.41, 5.74) is 8.80. The van der Waals surface area contributed by atoms with E-state index in [0.29, 0.717) is 11.8 Å². The third-order valence-corrected chi connectivity index (χ3v) is 7.70. The van der Waals surface area contributed by atoms with Crippen molar-refractivity contribution in [2.45, 2.75) is 86.5 Å². The Balaban J connectivity index is 0.000000623. The molecule has 1 radical (unpaired) electrons. The van der Waals surface area contributed by atoms with Gasteiger partial charge in [-0.25, -0.2) is 0 Å². The number of hydrogen-bond donors (Lipinski definition) is 1. The summed E-state index contributed by atoms with van der Waals surface area (Å²) in [4.78, 5) is 16.1. The summed E-state index contributed by atoms with van der Waals surface area (Å²) in [6, 6.07) is 19.6. The van der Waals surface area contributed by atoms with E-state index in [4.69, 9.17) is 10.1 Å². The predicted octanol–water partition coefficient (Wildman–Crippen LogP) is 10.3. The molecule has 0 unspecified atom stereocenters. The minimum atomic E-state index is -0.125. The molecule has 0 aliphatic carbocycles. The Bertz CT molecular complexity index is 1480. The van der Waals surface area contributed by atoms with Crippen LogP contribution < -0.4 is 0 Å². The SMILES string of the molecule is CC(=O)/C=C(/C)O.Cc1[c-]c(-c2cc3sc(-c4cc(C(C)C)cc(C(C)C)c4)cc3cn2)cc(C(C)(C)C)c1.[Ir]. The van der Waals surface area contributed by atoms with E-state index in [-0.39, 0.29) is 37.1 Å². The zero-order valence-corrected chi connectivity index (χ0v) is 28.6. The minimum Gasteiger partial charge on any atom is -0.512 e. The van der Waals surface area contributed by atoms with E-state index in [1.807, 2.05) is 17.5 Å². The first-order chi connectivity index (χ1) is 18.1. The molecule has 215 valence electrons. The topological polar surface area (TPSA) is 50.2 Å². The molecule has 2 aromatic heterocycles. The van der Waals surface area contributed by atoms with Gasteiger partial charge < -0.3 is 10.1 Å². The minimum absolute atomic E-state index is 0. The molecule has 3 nitrogen and oxygen atoms in total. The van der Waals surface area contributed by atoms with E-state index in [1.165, 1.54) is 57.1 Å². The third-order valence-electron chi connectivity index (χ3n) is 6.55. The molecular formula is C35H42IrNO2S-. The van der Waals surface area contributed by atoms with Gasteiger partial charge in [-0.15, -0.1) is 46.2 Å². The maximum absolute atomic E-state index is 10.0. The summed E-state index contributed by atoms with van der Waals surface area (Å²) >= 11 is 1.86. The van der Waals surface area contributed by atoms with Gasteiger partial charge in [-0.05, 0) is 59.5 Å². The molecule has 40 heavy (non-hydrogen) atoms. The van der Waals surface area contributed by atoms with Gasteiger partial charge in [0.1, 0.15) is 0 Å². The molecule has 0 spiro atoms. The van der Waals surface area contributed by atoms with Gasteiger partial charge in [-0.3, -0.25) is 4.79 Å². The molecule has 0 aliphatic heterocycles. The van der Waals surface area contributed by atoms with Gasteiger partial charge >= 0.3 is 0 Å². The van der Waals surface area contributed by atoms with Crippen molar-refractivity contribution >= 4 is 27.2 Å². The maximum Gasteiger partial charge on any atom is 0.155 e. The summed E-state index contributed by atoms with van der Waals surface area (Å²) in [6.45, 7) is 20.8. The van der Waals surface area contributed by atoms with Crippen molar-refractivity contribution in [1.82, 2.24) is 4.98 Å². The number of rotatable bonds is 5. The van der Waals surface area contributed by atoms with E-state index in [1.54, 1.807) is 0 Å². The smallest absolute Gasteiger partial charge is 0.155 e. The Labute approximate surface area is 258 Å². The molecule has 1 N–H and O–H groups in total. The first-order valence-corrected chi connectivity index (χ1v) is 14.4. The van der Waals surface area contributed by atoms with Crippen LogP contribution in [-0.4, -0.2) is 15.9 Å². The largest absolute Gasteiger partial charge is 0.512 e. The Hall–Kier alpha value is -2.59. The van der Waals surface area contributed by atoms with Crippen molar-refractivity contribution < 1.29 is 30.0 Å². The number of fused-ring (bicyclic) bond motifs is 1. The molecular weight excluding hydrogens is 691 g/mol. The molecule has 0 atom stereocenters. The van der Waals surface area contributed by atoms with E-state index >= 15 is 0 Å². The number of pyridine rings is 1. The van der Waals surface area contributed by atoms with Gasteiger partial charge in [0, 0.05) is 47.3 Å². The number of aliphatic hydroxyl groups excluding tert-OH is 1. The number of carbonyl (C=O) groups excluding carboxylic acids is 1. The third kappa shape index (κ3) is 8.96. The van der Waals surface area contributed by atoms with Crippen LogP contribution >= 0.6 is 11.3 Å². The number of allylic oxidation sites excluding steroid dienone is 2. The average molecular weight is 733 g/mol. The Kier molecular flexibility index (Phi) is 11.6.